The van der Waals surface area contributed by atoms with Crippen LogP contribution in [0.5, 0.6) is 0 Å². The highest BCUT2D eigenvalue weighted by atomic mass is 15.1. The van der Waals surface area contributed by atoms with Crippen molar-refractivity contribution < 1.29 is 0 Å². The first-order valence-corrected chi connectivity index (χ1v) is 7.02. The van der Waals surface area contributed by atoms with E-state index in [1.165, 1.54) is 49.8 Å². The Balaban J connectivity index is 2.30. The summed E-state index contributed by atoms with van der Waals surface area (Å²) >= 11 is 0. The number of aryl methyl sites for hydroxylation is 2. The minimum Gasteiger partial charge on any atom is -0.307 e. The molecular formula is C16H27N. The van der Waals surface area contributed by atoms with Crippen LogP contribution in [0, 0.1) is 0 Å². The van der Waals surface area contributed by atoms with Crippen LogP contribution in [0.4, 0.5) is 0 Å². The fourth-order valence-corrected chi connectivity index (χ4v) is 1.96. The van der Waals surface area contributed by atoms with Gasteiger partial charge in [0.2, 0.25) is 0 Å². The zero-order valence-electron chi connectivity index (χ0n) is 11.7. The third-order valence-corrected chi connectivity index (χ3v) is 3.39. The Labute approximate surface area is 107 Å². The lowest BCUT2D eigenvalue weighted by atomic mass is 10.0. The van der Waals surface area contributed by atoms with Gasteiger partial charge in [-0.1, -0.05) is 44.5 Å². The van der Waals surface area contributed by atoms with E-state index in [1.54, 1.807) is 0 Å². The molecule has 0 saturated heterocycles. The first-order valence-electron chi connectivity index (χ1n) is 7.02. The molecule has 1 aromatic carbocycles. The van der Waals surface area contributed by atoms with E-state index in [1.807, 2.05) is 0 Å². The van der Waals surface area contributed by atoms with Crippen LogP contribution in [-0.4, -0.2) is 25.0 Å². The molecule has 1 heteroatoms. The Hall–Kier alpha value is -0.820. The van der Waals surface area contributed by atoms with E-state index in [2.05, 4.69) is 50.1 Å². The van der Waals surface area contributed by atoms with Crippen molar-refractivity contribution in [2.45, 2.75) is 46.0 Å². The molecule has 0 spiro atoms. The van der Waals surface area contributed by atoms with Crippen molar-refractivity contribution in [3.8, 4) is 0 Å². The number of rotatable bonds is 8. The first-order chi connectivity index (χ1) is 8.26. The van der Waals surface area contributed by atoms with Gasteiger partial charge in [-0.05, 0) is 56.9 Å². The normalized spacial score (nSPS) is 11.1. The van der Waals surface area contributed by atoms with Gasteiger partial charge < -0.3 is 4.90 Å². The summed E-state index contributed by atoms with van der Waals surface area (Å²) < 4.78 is 0. The molecule has 0 bridgehead atoms. The summed E-state index contributed by atoms with van der Waals surface area (Å²) in [6, 6.07) is 9.21. The Morgan fingerprint density at radius 1 is 0.882 bits per heavy atom. The van der Waals surface area contributed by atoms with Crippen LogP contribution in [0.25, 0.3) is 0 Å². The second-order valence-electron chi connectivity index (χ2n) is 4.92. The average molecular weight is 233 g/mol. The molecule has 96 valence electrons. The fourth-order valence-electron chi connectivity index (χ4n) is 1.96. The molecule has 0 heterocycles. The lowest BCUT2D eigenvalue weighted by molar-refractivity contribution is 0.347. The summed E-state index contributed by atoms with van der Waals surface area (Å²) in [6.07, 6.45) is 6.29. The van der Waals surface area contributed by atoms with Crippen LogP contribution in [0.3, 0.4) is 0 Å². The monoisotopic (exact) mass is 233 g/mol. The third kappa shape index (κ3) is 5.88. The van der Waals surface area contributed by atoms with E-state index in [-0.39, 0.29) is 0 Å². The van der Waals surface area contributed by atoms with Crippen molar-refractivity contribution in [3.63, 3.8) is 0 Å². The topological polar surface area (TPSA) is 3.24 Å². The molecule has 1 aromatic rings. The van der Waals surface area contributed by atoms with Gasteiger partial charge in [-0.25, -0.2) is 0 Å². The van der Waals surface area contributed by atoms with Crippen molar-refractivity contribution in [2.24, 2.45) is 0 Å². The van der Waals surface area contributed by atoms with Crippen molar-refractivity contribution in [3.05, 3.63) is 35.4 Å². The summed E-state index contributed by atoms with van der Waals surface area (Å²) in [4.78, 5) is 2.37. The fraction of sp³-hybridized carbons (Fsp3) is 0.625. The van der Waals surface area contributed by atoms with Crippen LogP contribution < -0.4 is 0 Å². The average Bonchev–Trinajstić information content (AvgIpc) is 2.37. The highest BCUT2D eigenvalue weighted by Gasteiger charge is 1.97. The molecule has 0 saturated carbocycles. The zero-order chi connectivity index (χ0) is 12.5. The minimum absolute atomic E-state index is 1.15. The number of hydrogen-bond acceptors (Lipinski definition) is 1. The summed E-state index contributed by atoms with van der Waals surface area (Å²) in [6.45, 7) is 6.81. The van der Waals surface area contributed by atoms with Crippen LogP contribution in [0.2, 0.25) is 0 Å². The number of unbranched alkanes of at least 4 members (excludes halogenated alkanes) is 1. The standard InChI is InChI=1S/C16H27N/c1-4-6-8-15-10-12-16(13-11-15)9-7-14-17(3)5-2/h10-13H,4-9,14H2,1-3H3. The number of nitrogens with zero attached hydrogens (tertiary/aromatic N) is 1. The van der Waals surface area contributed by atoms with Gasteiger partial charge in [0, 0.05) is 0 Å². The molecule has 0 radical (unpaired) electrons. The van der Waals surface area contributed by atoms with Crippen LogP contribution in [0.1, 0.15) is 44.2 Å². The Morgan fingerprint density at radius 2 is 1.41 bits per heavy atom. The lowest BCUT2D eigenvalue weighted by Gasteiger charge is -2.13. The smallest absolute Gasteiger partial charge is 0.00187 e. The van der Waals surface area contributed by atoms with Crippen molar-refractivity contribution in [2.75, 3.05) is 20.1 Å². The quantitative estimate of drug-likeness (QED) is 0.658. The van der Waals surface area contributed by atoms with Gasteiger partial charge in [-0.15, -0.1) is 0 Å². The molecule has 0 aliphatic heterocycles. The van der Waals surface area contributed by atoms with Crippen LogP contribution in [0.15, 0.2) is 24.3 Å². The van der Waals surface area contributed by atoms with E-state index in [9.17, 15) is 0 Å². The van der Waals surface area contributed by atoms with Crippen LogP contribution >= 0.6 is 0 Å². The molecule has 0 amide bonds. The maximum Gasteiger partial charge on any atom is -0.00187 e. The summed E-state index contributed by atoms with van der Waals surface area (Å²) in [5, 5.41) is 0. The molecule has 0 N–H and O–H groups in total. The second kappa shape index (κ2) is 8.30. The summed E-state index contributed by atoms with van der Waals surface area (Å²) in [7, 11) is 2.19. The van der Waals surface area contributed by atoms with Gasteiger partial charge in [-0.2, -0.15) is 0 Å². The minimum atomic E-state index is 1.15. The Morgan fingerprint density at radius 3 is 1.88 bits per heavy atom. The molecule has 0 fully saturated rings. The molecule has 17 heavy (non-hydrogen) atoms. The van der Waals surface area contributed by atoms with E-state index < -0.39 is 0 Å². The Bertz CT molecular complexity index is 289. The lowest BCUT2D eigenvalue weighted by Crippen LogP contribution is -2.19. The molecule has 0 aliphatic carbocycles. The van der Waals surface area contributed by atoms with Gasteiger partial charge in [0.05, 0.1) is 0 Å². The molecule has 0 unspecified atom stereocenters. The van der Waals surface area contributed by atoms with Crippen LogP contribution in [-0.2, 0) is 12.8 Å². The molecule has 0 aliphatic rings. The van der Waals surface area contributed by atoms with Gasteiger partial charge in [-0.3, -0.25) is 0 Å². The molecule has 0 aromatic heterocycles. The predicted molar refractivity (Wildman–Crippen MR) is 76.5 cm³/mol. The SMILES string of the molecule is CCCCc1ccc(CCCN(C)CC)cc1. The molecule has 0 atom stereocenters. The number of benzene rings is 1. The van der Waals surface area contributed by atoms with Crippen molar-refractivity contribution in [1.29, 1.82) is 0 Å². The highest BCUT2D eigenvalue weighted by molar-refractivity contribution is 5.22. The first kappa shape index (κ1) is 14.2. The molecule has 1 nitrogen and oxygen atoms in total. The number of hydrogen-bond donors (Lipinski definition) is 0. The maximum absolute atomic E-state index is 2.37. The van der Waals surface area contributed by atoms with E-state index >= 15 is 0 Å². The summed E-state index contributed by atoms with van der Waals surface area (Å²) in [5.74, 6) is 0. The highest BCUT2D eigenvalue weighted by Crippen LogP contribution is 2.09. The largest absolute Gasteiger partial charge is 0.307 e. The van der Waals surface area contributed by atoms with E-state index in [0.29, 0.717) is 0 Å². The zero-order valence-corrected chi connectivity index (χ0v) is 11.7. The molecule has 1 rings (SSSR count). The summed E-state index contributed by atoms with van der Waals surface area (Å²) in [5.41, 5.74) is 2.97. The molecular weight excluding hydrogens is 206 g/mol. The maximum atomic E-state index is 2.37. The van der Waals surface area contributed by atoms with Gasteiger partial charge in [0.15, 0.2) is 0 Å². The van der Waals surface area contributed by atoms with Gasteiger partial charge in [0.1, 0.15) is 0 Å². The van der Waals surface area contributed by atoms with Crippen molar-refractivity contribution >= 4 is 0 Å². The third-order valence-electron chi connectivity index (χ3n) is 3.39. The van der Waals surface area contributed by atoms with Crippen molar-refractivity contribution in [1.82, 2.24) is 4.90 Å². The van der Waals surface area contributed by atoms with Gasteiger partial charge in [0.25, 0.3) is 0 Å². The second-order valence-corrected chi connectivity index (χ2v) is 4.92. The van der Waals surface area contributed by atoms with Gasteiger partial charge >= 0.3 is 0 Å². The van der Waals surface area contributed by atoms with E-state index in [4.69, 9.17) is 0 Å². The van der Waals surface area contributed by atoms with E-state index in [0.717, 1.165) is 6.54 Å². The predicted octanol–water partition coefficient (Wildman–Crippen LogP) is 3.91. The Kier molecular flexibility index (Phi) is 6.95.